The van der Waals surface area contributed by atoms with E-state index in [0.29, 0.717) is 18.1 Å². The van der Waals surface area contributed by atoms with E-state index in [1.54, 1.807) is 29.7 Å². The molecule has 16 heavy (non-hydrogen) atoms. The molecule has 0 unspecified atom stereocenters. The predicted octanol–water partition coefficient (Wildman–Crippen LogP) is 3.29. The van der Waals surface area contributed by atoms with Crippen molar-refractivity contribution < 1.29 is 9.13 Å². The van der Waals surface area contributed by atoms with Crippen LogP contribution in [0, 0.1) is 5.82 Å². The SMILES string of the molecule is Fc1ccc(OCc2ncc(CS)s2)cc1. The number of ether oxygens (including phenoxy) is 1. The highest BCUT2D eigenvalue weighted by molar-refractivity contribution is 7.79. The summed E-state index contributed by atoms with van der Waals surface area (Å²) in [6.07, 6.45) is 1.79. The van der Waals surface area contributed by atoms with Gasteiger partial charge in [0.2, 0.25) is 0 Å². The molecule has 0 aliphatic heterocycles. The summed E-state index contributed by atoms with van der Waals surface area (Å²) in [5.74, 6) is 1.07. The average molecular weight is 255 g/mol. The van der Waals surface area contributed by atoms with Crippen molar-refractivity contribution in [3.05, 3.63) is 46.2 Å². The first-order valence-electron chi connectivity index (χ1n) is 4.71. The summed E-state index contributed by atoms with van der Waals surface area (Å²) in [5.41, 5.74) is 0. The number of aromatic nitrogens is 1. The normalized spacial score (nSPS) is 10.4. The minimum Gasteiger partial charge on any atom is -0.486 e. The van der Waals surface area contributed by atoms with Crippen LogP contribution in [-0.2, 0) is 12.4 Å². The lowest BCUT2D eigenvalue weighted by Crippen LogP contribution is -1.94. The maximum Gasteiger partial charge on any atom is 0.140 e. The molecule has 0 atom stereocenters. The number of halogens is 1. The highest BCUT2D eigenvalue weighted by atomic mass is 32.1. The van der Waals surface area contributed by atoms with Gasteiger partial charge in [0.1, 0.15) is 23.2 Å². The van der Waals surface area contributed by atoms with Crippen molar-refractivity contribution in [1.82, 2.24) is 4.98 Å². The topological polar surface area (TPSA) is 22.1 Å². The van der Waals surface area contributed by atoms with Gasteiger partial charge in [-0.1, -0.05) is 0 Å². The van der Waals surface area contributed by atoms with Crippen LogP contribution >= 0.6 is 24.0 Å². The Morgan fingerprint density at radius 1 is 1.31 bits per heavy atom. The van der Waals surface area contributed by atoms with E-state index in [-0.39, 0.29) is 5.82 Å². The molecule has 0 saturated carbocycles. The van der Waals surface area contributed by atoms with Crippen LogP contribution in [0.15, 0.2) is 30.5 Å². The van der Waals surface area contributed by atoms with Gasteiger partial charge >= 0.3 is 0 Å². The molecule has 0 spiro atoms. The third-order valence-electron chi connectivity index (χ3n) is 1.93. The van der Waals surface area contributed by atoms with Gasteiger partial charge in [-0.15, -0.1) is 11.3 Å². The number of benzene rings is 1. The summed E-state index contributed by atoms with van der Waals surface area (Å²) < 4.78 is 18.1. The molecular weight excluding hydrogens is 245 g/mol. The lowest BCUT2D eigenvalue weighted by Gasteiger charge is -2.02. The lowest BCUT2D eigenvalue weighted by molar-refractivity contribution is 0.305. The summed E-state index contributed by atoms with van der Waals surface area (Å²) in [6.45, 7) is 0.407. The molecule has 2 nitrogen and oxygen atoms in total. The molecule has 2 rings (SSSR count). The highest BCUT2D eigenvalue weighted by Crippen LogP contribution is 2.18. The predicted molar refractivity (Wildman–Crippen MR) is 65.5 cm³/mol. The third-order valence-corrected chi connectivity index (χ3v) is 3.46. The van der Waals surface area contributed by atoms with E-state index in [0.717, 1.165) is 9.88 Å². The molecule has 5 heteroatoms. The standard InChI is InChI=1S/C11H10FNOS2/c12-8-1-3-9(4-2-8)14-6-11-13-5-10(7-15)16-11/h1-5,15H,6-7H2. The second kappa shape index (κ2) is 5.32. The third kappa shape index (κ3) is 2.96. The molecular formula is C11H10FNOS2. The van der Waals surface area contributed by atoms with Gasteiger partial charge in [0.25, 0.3) is 0 Å². The number of rotatable bonds is 4. The Morgan fingerprint density at radius 3 is 2.69 bits per heavy atom. The maximum atomic E-state index is 12.6. The monoisotopic (exact) mass is 255 g/mol. The second-order valence-corrected chi connectivity index (χ2v) is 4.64. The van der Waals surface area contributed by atoms with E-state index in [2.05, 4.69) is 17.6 Å². The Morgan fingerprint density at radius 2 is 2.06 bits per heavy atom. The molecule has 0 fully saturated rings. The summed E-state index contributed by atoms with van der Waals surface area (Å²) in [5, 5.41) is 0.897. The van der Waals surface area contributed by atoms with Gasteiger partial charge in [-0.2, -0.15) is 12.6 Å². The molecule has 0 aliphatic rings. The minimum atomic E-state index is -0.265. The molecule has 0 saturated heterocycles. The highest BCUT2D eigenvalue weighted by Gasteiger charge is 2.01. The summed E-state index contributed by atoms with van der Waals surface area (Å²) in [7, 11) is 0. The molecule has 1 aromatic carbocycles. The molecule has 84 valence electrons. The van der Waals surface area contributed by atoms with Crippen molar-refractivity contribution >= 4 is 24.0 Å². The van der Waals surface area contributed by atoms with Gasteiger partial charge in [0, 0.05) is 16.8 Å². The molecule has 0 bridgehead atoms. The average Bonchev–Trinajstić information content (AvgIpc) is 2.76. The zero-order valence-corrected chi connectivity index (χ0v) is 10.1. The Hall–Kier alpha value is -1.07. The number of nitrogens with zero attached hydrogens (tertiary/aromatic N) is 1. The molecule has 1 heterocycles. The Balaban J connectivity index is 1.94. The number of hydrogen-bond donors (Lipinski definition) is 1. The van der Waals surface area contributed by atoms with Crippen LogP contribution in [0.2, 0.25) is 0 Å². The van der Waals surface area contributed by atoms with Crippen molar-refractivity contribution in [3.63, 3.8) is 0 Å². The van der Waals surface area contributed by atoms with E-state index >= 15 is 0 Å². The van der Waals surface area contributed by atoms with Crippen molar-refractivity contribution in [2.45, 2.75) is 12.4 Å². The Labute approximate surface area is 103 Å². The van der Waals surface area contributed by atoms with E-state index in [1.807, 2.05) is 0 Å². The molecule has 0 aliphatic carbocycles. The summed E-state index contributed by atoms with van der Waals surface area (Å²) >= 11 is 5.73. The van der Waals surface area contributed by atoms with Crippen LogP contribution < -0.4 is 4.74 Å². The van der Waals surface area contributed by atoms with Crippen LogP contribution in [0.3, 0.4) is 0 Å². The zero-order valence-electron chi connectivity index (χ0n) is 8.39. The van der Waals surface area contributed by atoms with Crippen LogP contribution in [-0.4, -0.2) is 4.98 Å². The number of thiazole rings is 1. The molecule has 0 amide bonds. The fourth-order valence-corrected chi connectivity index (χ4v) is 2.13. The fourth-order valence-electron chi connectivity index (χ4n) is 1.16. The molecule has 1 aromatic heterocycles. The van der Waals surface area contributed by atoms with E-state index in [1.165, 1.54) is 12.1 Å². The quantitative estimate of drug-likeness (QED) is 0.847. The summed E-state index contributed by atoms with van der Waals surface area (Å²) in [4.78, 5) is 5.30. The van der Waals surface area contributed by atoms with Crippen LogP contribution in [0.1, 0.15) is 9.88 Å². The first-order chi connectivity index (χ1) is 7.78. The van der Waals surface area contributed by atoms with Crippen LogP contribution in [0.25, 0.3) is 0 Å². The van der Waals surface area contributed by atoms with Gasteiger partial charge in [-0.25, -0.2) is 9.37 Å². The van der Waals surface area contributed by atoms with E-state index in [9.17, 15) is 4.39 Å². The van der Waals surface area contributed by atoms with Crippen molar-refractivity contribution in [3.8, 4) is 5.75 Å². The van der Waals surface area contributed by atoms with Crippen molar-refractivity contribution in [2.24, 2.45) is 0 Å². The van der Waals surface area contributed by atoms with Gasteiger partial charge in [0.15, 0.2) is 0 Å². The molecule has 2 aromatic rings. The zero-order chi connectivity index (χ0) is 11.4. The Bertz CT molecular complexity index is 455. The van der Waals surface area contributed by atoms with Crippen LogP contribution in [0.5, 0.6) is 5.75 Å². The van der Waals surface area contributed by atoms with Gasteiger partial charge in [-0.3, -0.25) is 0 Å². The largest absolute Gasteiger partial charge is 0.486 e. The van der Waals surface area contributed by atoms with E-state index in [4.69, 9.17) is 4.74 Å². The second-order valence-electron chi connectivity index (χ2n) is 3.12. The maximum absolute atomic E-state index is 12.6. The Kier molecular flexibility index (Phi) is 3.79. The minimum absolute atomic E-state index is 0.265. The van der Waals surface area contributed by atoms with Crippen molar-refractivity contribution in [2.75, 3.05) is 0 Å². The van der Waals surface area contributed by atoms with E-state index < -0.39 is 0 Å². The molecule has 0 N–H and O–H groups in total. The number of hydrogen-bond acceptors (Lipinski definition) is 4. The first-order valence-corrected chi connectivity index (χ1v) is 6.15. The fraction of sp³-hybridized carbons (Fsp3) is 0.182. The van der Waals surface area contributed by atoms with Gasteiger partial charge in [-0.05, 0) is 24.3 Å². The van der Waals surface area contributed by atoms with Gasteiger partial charge < -0.3 is 4.74 Å². The van der Waals surface area contributed by atoms with Gasteiger partial charge in [0.05, 0.1) is 0 Å². The smallest absolute Gasteiger partial charge is 0.140 e. The van der Waals surface area contributed by atoms with Crippen molar-refractivity contribution in [1.29, 1.82) is 0 Å². The number of thiol groups is 1. The first kappa shape index (κ1) is 11.4. The lowest BCUT2D eigenvalue weighted by atomic mass is 10.3. The molecule has 0 radical (unpaired) electrons. The summed E-state index contributed by atoms with van der Waals surface area (Å²) in [6, 6.07) is 5.94. The van der Waals surface area contributed by atoms with Crippen LogP contribution in [0.4, 0.5) is 4.39 Å².